The average Bonchev–Trinajstić information content (AvgIpc) is 2.09. The molecule has 0 bridgehead atoms. The summed E-state index contributed by atoms with van der Waals surface area (Å²) in [5.41, 5.74) is 0. The molecule has 0 aliphatic carbocycles. The van der Waals surface area contributed by atoms with Gasteiger partial charge < -0.3 is 5.32 Å². The van der Waals surface area contributed by atoms with E-state index >= 15 is 0 Å². The van der Waals surface area contributed by atoms with Gasteiger partial charge in [-0.2, -0.15) is 0 Å². The summed E-state index contributed by atoms with van der Waals surface area (Å²) in [5.74, 6) is 5.12. The van der Waals surface area contributed by atoms with Gasteiger partial charge in [-0.3, -0.25) is 10.6 Å². The monoisotopic (exact) mass is 161 g/mol. The molecule has 5 heteroatoms. The van der Waals surface area contributed by atoms with E-state index in [4.69, 9.17) is 5.84 Å². The molecule has 1 fully saturated rings. The van der Waals surface area contributed by atoms with Crippen molar-refractivity contribution in [2.24, 2.45) is 5.84 Å². The minimum Gasteiger partial charge on any atom is -0.349 e. The first-order chi connectivity index (χ1) is 5.09. The SMILES string of the molecule is CC(=O)N[C@@H]1CN(N)C[C@H]1F. The van der Waals surface area contributed by atoms with E-state index in [1.165, 1.54) is 11.9 Å². The van der Waals surface area contributed by atoms with Crippen LogP contribution < -0.4 is 11.2 Å². The first kappa shape index (κ1) is 8.42. The van der Waals surface area contributed by atoms with Crippen LogP contribution in [0, 0.1) is 0 Å². The van der Waals surface area contributed by atoms with Gasteiger partial charge in [-0.15, -0.1) is 0 Å². The number of nitrogens with zero attached hydrogens (tertiary/aromatic N) is 1. The van der Waals surface area contributed by atoms with Crippen LogP contribution in [-0.2, 0) is 4.79 Å². The van der Waals surface area contributed by atoms with Gasteiger partial charge in [0.2, 0.25) is 5.91 Å². The Labute approximate surface area is 64.5 Å². The standard InChI is InChI=1S/C6H12FN3O/c1-4(11)9-6-3-10(8)2-5(6)7/h5-6H,2-3,8H2,1H3,(H,9,11)/t5-,6-/m1/s1. The number of nitrogens with one attached hydrogen (secondary N) is 1. The number of hydrogen-bond acceptors (Lipinski definition) is 3. The maximum Gasteiger partial charge on any atom is 0.217 e. The average molecular weight is 161 g/mol. The molecule has 0 radical (unpaired) electrons. The molecule has 0 spiro atoms. The van der Waals surface area contributed by atoms with Crippen molar-refractivity contribution >= 4 is 5.91 Å². The van der Waals surface area contributed by atoms with Crippen molar-refractivity contribution in [3.8, 4) is 0 Å². The predicted molar refractivity (Wildman–Crippen MR) is 38.3 cm³/mol. The van der Waals surface area contributed by atoms with Crippen LogP contribution in [0.25, 0.3) is 0 Å². The molecule has 1 heterocycles. The third kappa shape index (κ3) is 2.13. The fourth-order valence-corrected chi connectivity index (χ4v) is 1.19. The zero-order valence-corrected chi connectivity index (χ0v) is 6.38. The number of carbonyl (C=O) groups excluding carboxylic acids is 1. The van der Waals surface area contributed by atoms with Crippen LogP contribution in [0.1, 0.15) is 6.92 Å². The Morgan fingerprint density at radius 2 is 2.36 bits per heavy atom. The van der Waals surface area contributed by atoms with Gasteiger partial charge in [0, 0.05) is 20.0 Å². The van der Waals surface area contributed by atoms with Crippen molar-refractivity contribution in [2.75, 3.05) is 13.1 Å². The topological polar surface area (TPSA) is 58.4 Å². The van der Waals surface area contributed by atoms with E-state index in [-0.39, 0.29) is 12.5 Å². The third-order valence-electron chi connectivity index (χ3n) is 1.67. The second kappa shape index (κ2) is 3.15. The lowest BCUT2D eigenvalue weighted by Gasteiger charge is -2.11. The van der Waals surface area contributed by atoms with Crippen LogP contribution >= 0.6 is 0 Å². The number of alkyl halides is 1. The van der Waals surface area contributed by atoms with Crippen LogP contribution in [0.3, 0.4) is 0 Å². The molecule has 1 aliphatic rings. The largest absolute Gasteiger partial charge is 0.349 e. The molecular weight excluding hydrogens is 149 g/mol. The van der Waals surface area contributed by atoms with Crippen LogP contribution in [-0.4, -0.2) is 36.2 Å². The molecule has 11 heavy (non-hydrogen) atoms. The van der Waals surface area contributed by atoms with Crippen LogP contribution in [0.4, 0.5) is 4.39 Å². The van der Waals surface area contributed by atoms with Crippen LogP contribution in [0.5, 0.6) is 0 Å². The maximum atomic E-state index is 12.9. The first-order valence-electron chi connectivity index (χ1n) is 3.50. The molecule has 1 aliphatic heterocycles. The number of amides is 1. The zero-order valence-electron chi connectivity index (χ0n) is 6.38. The second-order valence-electron chi connectivity index (χ2n) is 2.78. The van der Waals surface area contributed by atoms with Crippen molar-refractivity contribution in [1.29, 1.82) is 0 Å². The Kier molecular flexibility index (Phi) is 2.41. The van der Waals surface area contributed by atoms with Gasteiger partial charge in [-0.25, -0.2) is 9.40 Å². The maximum absolute atomic E-state index is 12.9. The quantitative estimate of drug-likeness (QED) is 0.486. The minimum absolute atomic E-state index is 0.199. The summed E-state index contributed by atoms with van der Waals surface area (Å²) in [6.45, 7) is 1.96. The van der Waals surface area contributed by atoms with Crippen molar-refractivity contribution in [1.82, 2.24) is 10.3 Å². The third-order valence-corrected chi connectivity index (χ3v) is 1.67. The number of nitrogens with two attached hydrogens (primary N) is 1. The summed E-state index contributed by atoms with van der Waals surface area (Å²) in [6.07, 6.45) is -1.04. The van der Waals surface area contributed by atoms with Gasteiger partial charge in [-0.1, -0.05) is 0 Å². The molecule has 3 N–H and O–H groups in total. The molecule has 1 saturated heterocycles. The summed E-state index contributed by atoms with van der Waals surface area (Å²) < 4.78 is 12.9. The first-order valence-corrected chi connectivity index (χ1v) is 3.50. The van der Waals surface area contributed by atoms with Crippen molar-refractivity contribution in [3.05, 3.63) is 0 Å². The van der Waals surface area contributed by atoms with E-state index in [9.17, 15) is 9.18 Å². The molecule has 2 atom stereocenters. The van der Waals surface area contributed by atoms with E-state index in [0.29, 0.717) is 6.54 Å². The highest BCUT2D eigenvalue weighted by Crippen LogP contribution is 2.09. The van der Waals surface area contributed by atoms with E-state index < -0.39 is 12.2 Å². The normalized spacial score (nSPS) is 32.3. The molecule has 1 amide bonds. The highest BCUT2D eigenvalue weighted by atomic mass is 19.1. The summed E-state index contributed by atoms with van der Waals surface area (Å²) in [6, 6.07) is -0.433. The minimum atomic E-state index is -1.04. The number of halogens is 1. The molecule has 0 unspecified atom stereocenters. The van der Waals surface area contributed by atoms with Gasteiger partial charge in [-0.05, 0) is 0 Å². The Bertz CT molecular complexity index is 164. The fourth-order valence-electron chi connectivity index (χ4n) is 1.19. The summed E-state index contributed by atoms with van der Waals surface area (Å²) in [7, 11) is 0. The highest BCUT2D eigenvalue weighted by Gasteiger charge is 2.31. The number of rotatable bonds is 1. The molecule has 0 aromatic heterocycles. The van der Waals surface area contributed by atoms with Gasteiger partial charge in [0.15, 0.2) is 0 Å². The molecular formula is C6H12FN3O. The number of hydrogen-bond donors (Lipinski definition) is 2. The van der Waals surface area contributed by atoms with E-state index in [2.05, 4.69) is 5.32 Å². The van der Waals surface area contributed by atoms with Crippen LogP contribution in [0.2, 0.25) is 0 Å². The van der Waals surface area contributed by atoms with Crippen LogP contribution in [0.15, 0.2) is 0 Å². The van der Waals surface area contributed by atoms with Gasteiger partial charge in [0.05, 0.1) is 6.04 Å². The van der Waals surface area contributed by atoms with Gasteiger partial charge >= 0.3 is 0 Å². The number of carbonyl (C=O) groups is 1. The van der Waals surface area contributed by atoms with E-state index in [1.54, 1.807) is 0 Å². The molecule has 0 aromatic carbocycles. The Hall–Kier alpha value is -0.680. The summed E-state index contributed by atoms with van der Waals surface area (Å²) >= 11 is 0. The summed E-state index contributed by atoms with van der Waals surface area (Å²) in [5, 5.41) is 3.85. The van der Waals surface area contributed by atoms with Gasteiger partial charge in [0.25, 0.3) is 0 Å². The van der Waals surface area contributed by atoms with Gasteiger partial charge in [0.1, 0.15) is 6.17 Å². The predicted octanol–water partition coefficient (Wildman–Crippen LogP) is -0.981. The molecule has 0 aromatic rings. The Morgan fingerprint density at radius 3 is 2.73 bits per heavy atom. The van der Waals surface area contributed by atoms with Crippen molar-refractivity contribution in [3.63, 3.8) is 0 Å². The van der Waals surface area contributed by atoms with E-state index in [0.717, 1.165) is 0 Å². The Morgan fingerprint density at radius 1 is 1.73 bits per heavy atom. The highest BCUT2D eigenvalue weighted by molar-refractivity contribution is 5.73. The lowest BCUT2D eigenvalue weighted by atomic mass is 10.2. The summed E-state index contributed by atoms with van der Waals surface area (Å²) in [4.78, 5) is 10.5. The Balaban J connectivity index is 2.40. The van der Waals surface area contributed by atoms with E-state index in [1.807, 2.05) is 0 Å². The number of hydrazine groups is 1. The fraction of sp³-hybridized carbons (Fsp3) is 0.833. The lowest BCUT2D eigenvalue weighted by molar-refractivity contribution is -0.119. The second-order valence-corrected chi connectivity index (χ2v) is 2.78. The molecule has 4 nitrogen and oxygen atoms in total. The molecule has 1 rings (SSSR count). The lowest BCUT2D eigenvalue weighted by Crippen LogP contribution is -2.40. The molecule has 64 valence electrons. The zero-order chi connectivity index (χ0) is 8.43. The van der Waals surface area contributed by atoms with Crippen molar-refractivity contribution in [2.45, 2.75) is 19.1 Å². The molecule has 0 saturated carbocycles. The van der Waals surface area contributed by atoms with Crippen molar-refractivity contribution < 1.29 is 9.18 Å². The smallest absolute Gasteiger partial charge is 0.217 e.